The summed E-state index contributed by atoms with van der Waals surface area (Å²) in [4.78, 5) is 16.7. The molecule has 1 unspecified atom stereocenters. The quantitative estimate of drug-likeness (QED) is 0.436. The van der Waals surface area contributed by atoms with Gasteiger partial charge in [0.2, 0.25) is 0 Å². The van der Waals surface area contributed by atoms with Crippen molar-refractivity contribution in [3.63, 3.8) is 0 Å². The zero-order valence-electron chi connectivity index (χ0n) is 18.4. The van der Waals surface area contributed by atoms with Crippen LogP contribution in [-0.2, 0) is 17.7 Å². The molecule has 0 aromatic carbocycles. The first-order valence-corrected chi connectivity index (χ1v) is 10.0. The molecule has 1 aromatic rings. The second-order valence-corrected chi connectivity index (χ2v) is 7.94. The van der Waals surface area contributed by atoms with E-state index in [1.807, 2.05) is 32.3 Å². The fraction of sp³-hybridized carbons (Fsp3) is 0.789. The molecule has 9 heteroatoms. The zero-order valence-corrected chi connectivity index (χ0v) is 18.4. The SMILES string of the molecule is CCNC(=NCC(NC(=O)OC(C)(C)C)C(C)C)NCCn1cnnc1CC. The van der Waals surface area contributed by atoms with Crippen molar-refractivity contribution in [3.8, 4) is 0 Å². The molecule has 0 fully saturated rings. The lowest BCUT2D eigenvalue weighted by Gasteiger charge is -2.25. The smallest absolute Gasteiger partial charge is 0.407 e. The Hall–Kier alpha value is -2.32. The lowest BCUT2D eigenvalue weighted by atomic mass is 10.1. The summed E-state index contributed by atoms with van der Waals surface area (Å²) in [6, 6.07) is -0.116. The van der Waals surface area contributed by atoms with Crippen molar-refractivity contribution >= 4 is 12.1 Å². The molecule has 0 aliphatic heterocycles. The third-order valence-electron chi connectivity index (χ3n) is 3.95. The van der Waals surface area contributed by atoms with Crippen LogP contribution in [0.1, 0.15) is 54.3 Å². The molecule has 1 heterocycles. The van der Waals surface area contributed by atoms with Crippen LogP contribution in [0.5, 0.6) is 0 Å². The van der Waals surface area contributed by atoms with Crippen molar-refractivity contribution in [1.29, 1.82) is 0 Å². The number of nitrogens with one attached hydrogen (secondary N) is 3. The molecular formula is C19H37N7O2. The number of hydrogen-bond acceptors (Lipinski definition) is 5. The molecule has 0 radical (unpaired) electrons. The van der Waals surface area contributed by atoms with Crippen LogP contribution in [0.4, 0.5) is 4.79 Å². The molecular weight excluding hydrogens is 358 g/mol. The van der Waals surface area contributed by atoms with Crippen molar-refractivity contribution < 1.29 is 9.53 Å². The van der Waals surface area contributed by atoms with Gasteiger partial charge >= 0.3 is 6.09 Å². The molecule has 0 aliphatic carbocycles. The highest BCUT2D eigenvalue weighted by molar-refractivity contribution is 5.79. The summed E-state index contributed by atoms with van der Waals surface area (Å²) in [6.45, 7) is 16.4. The molecule has 1 rings (SSSR count). The highest BCUT2D eigenvalue weighted by Gasteiger charge is 2.21. The van der Waals surface area contributed by atoms with Crippen LogP contribution in [-0.4, -0.2) is 58.1 Å². The average Bonchev–Trinajstić information content (AvgIpc) is 3.04. The van der Waals surface area contributed by atoms with Crippen molar-refractivity contribution in [2.45, 2.75) is 73.1 Å². The predicted octanol–water partition coefficient (Wildman–Crippen LogP) is 1.94. The molecule has 0 saturated heterocycles. The average molecular weight is 396 g/mol. The number of aryl methyl sites for hydroxylation is 1. The number of amides is 1. The van der Waals surface area contributed by atoms with Crippen molar-refractivity contribution in [2.75, 3.05) is 19.6 Å². The fourth-order valence-corrected chi connectivity index (χ4v) is 2.45. The largest absolute Gasteiger partial charge is 0.444 e. The van der Waals surface area contributed by atoms with Crippen LogP contribution in [0.15, 0.2) is 11.3 Å². The molecule has 0 spiro atoms. The summed E-state index contributed by atoms with van der Waals surface area (Å²) >= 11 is 0. The van der Waals surface area contributed by atoms with Crippen LogP contribution in [0, 0.1) is 5.92 Å². The summed E-state index contributed by atoms with van der Waals surface area (Å²) in [7, 11) is 0. The first-order valence-electron chi connectivity index (χ1n) is 10.0. The minimum atomic E-state index is -0.523. The summed E-state index contributed by atoms with van der Waals surface area (Å²) in [6.07, 6.45) is 2.17. The fourth-order valence-electron chi connectivity index (χ4n) is 2.45. The number of hydrogen-bond donors (Lipinski definition) is 3. The highest BCUT2D eigenvalue weighted by Crippen LogP contribution is 2.09. The summed E-state index contributed by atoms with van der Waals surface area (Å²) in [5.41, 5.74) is -0.523. The number of carbonyl (C=O) groups is 1. The number of guanidine groups is 1. The molecule has 1 aromatic heterocycles. The number of carbonyl (C=O) groups excluding carboxylic acids is 1. The first-order chi connectivity index (χ1) is 13.2. The van der Waals surface area contributed by atoms with Gasteiger partial charge in [-0.15, -0.1) is 10.2 Å². The molecule has 0 bridgehead atoms. The molecule has 28 heavy (non-hydrogen) atoms. The van der Waals surface area contributed by atoms with Gasteiger partial charge in [0.25, 0.3) is 0 Å². The first kappa shape index (κ1) is 23.7. The minimum absolute atomic E-state index is 0.116. The van der Waals surface area contributed by atoms with Crippen LogP contribution in [0.25, 0.3) is 0 Å². The maximum absolute atomic E-state index is 12.1. The van der Waals surface area contributed by atoms with Gasteiger partial charge in [0.15, 0.2) is 5.96 Å². The van der Waals surface area contributed by atoms with Gasteiger partial charge < -0.3 is 25.3 Å². The topological polar surface area (TPSA) is 105 Å². The molecule has 0 aliphatic rings. The van der Waals surface area contributed by atoms with Crippen molar-refractivity contribution in [3.05, 3.63) is 12.2 Å². The van der Waals surface area contributed by atoms with E-state index in [0.717, 1.165) is 25.3 Å². The van der Waals surface area contributed by atoms with Gasteiger partial charge in [-0.05, 0) is 33.6 Å². The van der Waals surface area contributed by atoms with Crippen molar-refractivity contribution in [1.82, 2.24) is 30.7 Å². The Labute approximate surface area is 168 Å². The number of rotatable bonds is 9. The van der Waals surface area contributed by atoms with E-state index in [2.05, 4.69) is 51.9 Å². The minimum Gasteiger partial charge on any atom is -0.444 e. The maximum atomic E-state index is 12.1. The van der Waals surface area contributed by atoms with E-state index in [0.29, 0.717) is 19.0 Å². The van der Waals surface area contributed by atoms with E-state index < -0.39 is 11.7 Å². The third-order valence-corrected chi connectivity index (χ3v) is 3.95. The number of ether oxygens (including phenoxy) is 1. The molecule has 160 valence electrons. The molecule has 3 N–H and O–H groups in total. The Morgan fingerprint density at radius 2 is 2.00 bits per heavy atom. The number of aliphatic imine (C=N–C) groups is 1. The third kappa shape index (κ3) is 9.05. The monoisotopic (exact) mass is 395 g/mol. The van der Waals surface area contributed by atoms with Gasteiger partial charge in [0, 0.05) is 26.1 Å². The Bertz CT molecular complexity index is 620. The Balaban J connectivity index is 2.62. The second-order valence-electron chi connectivity index (χ2n) is 7.94. The van der Waals surface area contributed by atoms with Gasteiger partial charge in [0.1, 0.15) is 17.8 Å². The van der Waals surface area contributed by atoms with E-state index in [1.165, 1.54) is 0 Å². The number of nitrogens with zero attached hydrogens (tertiary/aromatic N) is 4. The summed E-state index contributed by atoms with van der Waals surface area (Å²) < 4.78 is 7.38. The van der Waals surface area contributed by atoms with Gasteiger partial charge in [-0.2, -0.15) is 0 Å². The predicted molar refractivity (Wildman–Crippen MR) is 111 cm³/mol. The molecule has 0 saturated carbocycles. The van der Waals surface area contributed by atoms with Crippen LogP contribution >= 0.6 is 0 Å². The molecule has 1 amide bonds. The van der Waals surface area contributed by atoms with Gasteiger partial charge in [0.05, 0.1) is 12.6 Å². The van der Waals surface area contributed by atoms with Gasteiger partial charge in [-0.3, -0.25) is 4.99 Å². The lowest BCUT2D eigenvalue weighted by molar-refractivity contribution is 0.0493. The maximum Gasteiger partial charge on any atom is 0.407 e. The molecule has 1 atom stereocenters. The van der Waals surface area contributed by atoms with E-state index in [9.17, 15) is 4.79 Å². The number of alkyl carbamates (subject to hydrolysis) is 1. The van der Waals surface area contributed by atoms with E-state index in [1.54, 1.807) is 6.33 Å². The zero-order chi connectivity index (χ0) is 21.2. The normalized spacial score (nSPS) is 13.4. The standard InChI is InChI=1S/C19H37N7O2/c1-8-16-25-23-13-26(16)11-10-21-17(20-9-2)22-12-15(14(3)4)24-18(27)28-19(5,6)7/h13-15H,8-12H2,1-7H3,(H,24,27)(H2,20,21,22). The van der Waals surface area contributed by atoms with E-state index >= 15 is 0 Å². The lowest BCUT2D eigenvalue weighted by Crippen LogP contribution is -2.45. The second kappa shape index (κ2) is 11.5. The van der Waals surface area contributed by atoms with Crippen molar-refractivity contribution in [2.24, 2.45) is 10.9 Å². The Kier molecular flexibility index (Phi) is 9.75. The van der Waals surface area contributed by atoms with E-state index in [-0.39, 0.29) is 12.0 Å². The van der Waals surface area contributed by atoms with E-state index in [4.69, 9.17) is 4.74 Å². The summed E-state index contributed by atoms with van der Waals surface area (Å²) in [5, 5.41) is 17.5. The van der Waals surface area contributed by atoms with Gasteiger partial charge in [-0.25, -0.2) is 4.79 Å². The molecule has 9 nitrogen and oxygen atoms in total. The van der Waals surface area contributed by atoms with Crippen LogP contribution in [0.3, 0.4) is 0 Å². The Morgan fingerprint density at radius 1 is 1.29 bits per heavy atom. The Morgan fingerprint density at radius 3 is 2.57 bits per heavy atom. The van der Waals surface area contributed by atoms with Gasteiger partial charge in [-0.1, -0.05) is 20.8 Å². The van der Waals surface area contributed by atoms with Crippen LogP contribution in [0.2, 0.25) is 0 Å². The highest BCUT2D eigenvalue weighted by atomic mass is 16.6. The summed E-state index contributed by atoms with van der Waals surface area (Å²) in [5.74, 6) is 1.90. The number of aromatic nitrogens is 3. The van der Waals surface area contributed by atoms with Crippen LogP contribution < -0.4 is 16.0 Å².